The summed E-state index contributed by atoms with van der Waals surface area (Å²) in [7, 11) is 0. The summed E-state index contributed by atoms with van der Waals surface area (Å²) in [6.45, 7) is 1.06. The van der Waals surface area contributed by atoms with Gasteiger partial charge in [-0.2, -0.15) is 0 Å². The van der Waals surface area contributed by atoms with Gasteiger partial charge in [0.15, 0.2) is 0 Å². The van der Waals surface area contributed by atoms with Crippen LogP contribution in [-0.4, -0.2) is 12.6 Å². The number of hydrogen-bond donors (Lipinski definition) is 1. The van der Waals surface area contributed by atoms with Gasteiger partial charge >= 0.3 is 0 Å². The zero-order valence-corrected chi connectivity index (χ0v) is 8.70. The molecule has 0 atom stereocenters. The standard InChI is InChI=1S/C13H15NO/c1-2-4-13-12(3-1)10(9-15-13)7-8-14-11-5-6-11/h1-4,9,11,14H,5-8H2. The molecule has 0 spiro atoms. The number of rotatable bonds is 4. The largest absolute Gasteiger partial charge is 0.464 e. The molecule has 1 aromatic carbocycles. The second kappa shape index (κ2) is 3.70. The van der Waals surface area contributed by atoms with E-state index in [0.717, 1.165) is 24.6 Å². The van der Waals surface area contributed by atoms with Crippen LogP contribution in [0.5, 0.6) is 0 Å². The van der Waals surface area contributed by atoms with E-state index in [1.54, 1.807) is 0 Å². The zero-order valence-electron chi connectivity index (χ0n) is 8.70. The second-order valence-corrected chi connectivity index (χ2v) is 4.24. The minimum atomic E-state index is 0.795. The third-order valence-electron chi connectivity index (χ3n) is 2.97. The second-order valence-electron chi connectivity index (χ2n) is 4.24. The molecule has 1 aromatic heterocycles. The molecule has 0 saturated heterocycles. The number of furan rings is 1. The molecule has 2 heteroatoms. The Labute approximate surface area is 89.3 Å². The average Bonchev–Trinajstić information content (AvgIpc) is 3.00. The molecule has 1 saturated carbocycles. The van der Waals surface area contributed by atoms with Crippen molar-refractivity contribution in [3.63, 3.8) is 0 Å². The van der Waals surface area contributed by atoms with Crippen LogP contribution in [-0.2, 0) is 6.42 Å². The van der Waals surface area contributed by atoms with Gasteiger partial charge in [0.2, 0.25) is 0 Å². The third-order valence-corrected chi connectivity index (χ3v) is 2.97. The topological polar surface area (TPSA) is 25.2 Å². The molecule has 15 heavy (non-hydrogen) atoms. The number of para-hydroxylation sites is 1. The Hall–Kier alpha value is -1.28. The molecule has 0 aliphatic heterocycles. The van der Waals surface area contributed by atoms with Gasteiger partial charge in [0, 0.05) is 11.4 Å². The van der Waals surface area contributed by atoms with Gasteiger partial charge < -0.3 is 9.73 Å². The Balaban J connectivity index is 1.72. The molecule has 1 fully saturated rings. The van der Waals surface area contributed by atoms with Crippen LogP contribution in [0.4, 0.5) is 0 Å². The fourth-order valence-corrected chi connectivity index (χ4v) is 1.92. The van der Waals surface area contributed by atoms with Crippen LogP contribution < -0.4 is 5.32 Å². The highest BCUT2D eigenvalue weighted by Gasteiger charge is 2.19. The molecular formula is C13H15NO. The van der Waals surface area contributed by atoms with Crippen molar-refractivity contribution >= 4 is 11.0 Å². The Morgan fingerprint density at radius 3 is 3.00 bits per heavy atom. The summed E-state index contributed by atoms with van der Waals surface area (Å²) in [6, 6.07) is 9.02. The highest BCUT2D eigenvalue weighted by atomic mass is 16.3. The summed E-state index contributed by atoms with van der Waals surface area (Å²) >= 11 is 0. The molecule has 0 amide bonds. The van der Waals surface area contributed by atoms with Crippen molar-refractivity contribution in [2.75, 3.05) is 6.54 Å². The molecular weight excluding hydrogens is 186 g/mol. The number of fused-ring (bicyclic) bond motifs is 1. The van der Waals surface area contributed by atoms with Crippen LogP contribution >= 0.6 is 0 Å². The first-order valence-corrected chi connectivity index (χ1v) is 5.62. The van der Waals surface area contributed by atoms with Gasteiger partial charge in [0.1, 0.15) is 5.58 Å². The summed E-state index contributed by atoms with van der Waals surface area (Å²) in [6.07, 6.45) is 5.66. The lowest BCUT2D eigenvalue weighted by molar-refractivity contribution is 0.605. The van der Waals surface area contributed by atoms with Crippen LogP contribution in [0, 0.1) is 0 Å². The Morgan fingerprint density at radius 1 is 1.27 bits per heavy atom. The maximum Gasteiger partial charge on any atom is 0.134 e. The minimum absolute atomic E-state index is 0.795. The first kappa shape index (κ1) is 8.98. The SMILES string of the molecule is c1ccc2c(CCNC3CC3)coc2c1. The van der Waals surface area contributed by atoms with E-state index in [0.29, 0.717) is 0 Å². The molecule has 78 valence electrons. The predicted octanol–water partition coefficient (Wildman–Crippen LogP) is 2.73. The van der Waals surface area contributed by atoms with Crippen molar-refractivity contribution in [1.82, 2.24) is 5.32 Å². The highest BCUT2D eigenvalue weighted by Crippen LogP contribution is 2.22. The molecule has 2 aromatic rings. The molecule has 3 rings (SSSR count). The minimum Gasteiger partial charge on any atom is -0.464 e. The summed E-state index contributed by atoms with van der Waals surface area (Å²) in [5.74, 6) is 0. The maximum atomic E-state index is 5.49. The lowest BCUT2D eigenvalue weighted by Crippen LogP contribution is -2.19. The molecule has 1 heterocycles. The van der Waals surface area contributed by atoms with Crippen molar-refractivity contribution in [1.29, 1.82) is 0 Å². The third kappa shape index (κ3) is 1.90. The van der Waals surface area contributed by atoms with Crippen LogP contribution in [0.25, 0.3) is 11.0 Å². The van der Waals surface area contributed by atoms with Crippen LogP contribution in [0.3, 0.4) is 0 Å². The predicted molar refractivity (Wildman–Crippen MR) is 60.9 cm³/mol. The average molecular weight is 201 g/mol. The lowest BCUT2D eigenvalue weighted by atomic mass is 10.1. The molecule has 1 aliphatic rings. The quantitative estimate of drug-likeness (QED) is 0.822. The van der Waals surface area contributed by atoms with Gasteiger partial charge in [0.25, 0.3) is 0 Å². The van der Waals surface area contributed by atoms with Crippen molar-refractivity contribution < 1.29 is 4.42 Å². The van der Waals surface area contributed by atoms with Crippen LogP contribution in [0.15, 0.2) is 34.9 Å². The van der Waals surface area contributed by atoms with E-state index < -0.39 is 0 Å². The Bertz CT molecular complexity index is 456. The van der Waals surface area contributed by atoms with Gasteiger partial charge in [-0.05, 0) is 37.4 Å². The number of nitrogens with one attached hydrogen (secondary N) is 1. The van der Waals surface area contributed by atoms with Crippen molar-refractivity contribution in [3.8, 4) is 0 Å². The van der Waals surface area contributed by atoms with Gasteiger partial charge in [-0.15, -0.1) is 0 Å². The lowest BCUT2D eigenvalue weighted by Gasteiger charge is -2.00. The molecule has 1 N–H and O–H groups in total. The Morgan fingerprint density at radius 2 is 2.13 bits per heavy atom. The molecule has 1 aliphatic carbocycles. The van der Waals surface area contributed by atoms with Gasteiger partial charge in [-0.3, -0.25) is 0 Å². The number of benzene rings is 1. The van der Waals surface area contributed by atoms with Gasteiger partial charge in [-0.1, -0.05) is 18.2 Å². The molecule has 0 radical (unpaired) electrons. The smallest absolute Gasteiger partial charge is 0.134 e. The monoisotopic (exact) mass is 201 g/mol. The van der Waals surface area contributed by atoms with E-state index in [9.17, 15) is 0 Å². The summed E-state index contributed by atoms with van der Waals surface area (Å²) in [5.41, 5.74) is 2.32. The first-order valence-electron chi connectivity index (χ1n) is 5.62. The van der Waals surface area contributed by atoms with E-state index in [4.69, 9.17) is 4.42 Å². The molecule has 0 unspecified atom stereocenters. The van der Waals surface area contributed by atoms with Gasteiger partial charge in [-0.25, -0.2) is 0 Å². The van der Waals surface area contributed by atoms with Crippen molar-refractivity contribution in [3.05, 3.63) is 36.1 Å². The van der Waals surface area contributed by atoms with E-state index in [1.807, 2.05) is 18.4 Å². The van der Waals surface area contributed by atoms with Crippen molar-refractivity contribution in [2.45, 2.75) is 25.3 Å². The van der Waals surface area contributed by atoms with Crippen molar-refractivity contribution in [2.24, 2.45) is 0 Å². The number of hydrogen-bond acceptors (Lipinski definition) is 2. The molecule has 2 nitrogen and oxygen atoms in total. The summed E-state index contributed by atoms with van der Waals surface area (Å²) < 4.78 is 5.49. The fraction of sp³-hybridized carbons (Fsp3) is 0.385. The normalized spacial score (nSPS) is 16.0. The Kier molecular flexibility index (Phi) is 2.22. The van der Waals surface area contributed by atoms with E-state index in [-0.39, 0.29) is 0 Å². The fourth-order valence-electron chi connectivity index (χ4n) is 1.92. The zero-order chi connectivity index (χ0) is 10.1. The summed E-state index contributed by atoms with van der Waals surface area (Å²) in [4.78, 5) is 0. The first-order chi connectivity index (χ1) is 7.43. The molecule has 0 bridgehead atoms. The van der Waals surface area contributed by atoms with E-state index in [2.05, 4.69) is 17.4 Å². The van der Waals surface area contributed by atoms with Gasteiger partial charge in [0.05, 0.1) is 6.26 Å². The highest BCUT2D eigenvalue weighted by molar-refractivity contribution is 5.80. The summed E-state index contributed by atoms with van der Waals surface area (Å²) in [5, 5.41) is 4.78. The van der Waals surface area contributed by atoms with E-state index >= 15 is 0 Å². The van der Waals surface area contributed by atoms with E-state index in [1.165, 1.54) is 23.8 Å². The van der Waals surface area contributed by atoms with Crippen LogP contribution in [0.2, 0.25) is 0 Å². The van der Waals surface area contributed by atoms with Crippen LogP contribution in [0.1, 0.15) is 18.4 Å². The maximum absolute atomic E-state index is 5.49.